The molecule has 1 aromatic rings. The quantitative estimate of drug-likeness (QED) is 0.670. The van der Waals surface area contributed by atoms with Crippen LogP contribution < -0.4 is 5.32 Å². The fourth-order valence-corrected chi connectivity index (χ4v) is 1.71. The number of rotatable bonds is 8. The molecule has 0 saturated heterocycles. The molecule has 0 spiro atoms. The van der Waals surface area contributed by atoms with Crippen molar-refractivity contribution in [2.45, 2.75) is 58.7 Å². The minimum absolute atomic E-state index is 0. The van der Waals surface area contributed by atoms with Gasteiger partial charge in [0.15, 0.2) is 0 Å². The van der Waals surface area contributed by atoms with E-state index >= 15 is 0 Å². The average Bonchev–Trinajstić information content (AvgIpc) is 2.76. The molecule has 0 aliphatic heterocycles. The maximum atomic E-state index is 4.17. The lowest BCUT2D eigenvalue weighted by molar-refractivity contribution is 0.392. The van der Waals surface area contributed by atoms with E-state index in [1.807, 2.05) is 23.1 Å². The summed E-state index contributed by atoms with van der Waals surface area (Å²) in [5.41, 5.74) is 0. The van der Waals surface area contributed by atoms with Crippen molar-refractivity contribution in [3.8, 4) is 0 Å². The van der Waals surface area contributed by atoms with Crippen molar-refractivity contribution in [1.82, 2.24) is 15.1 Å². The third kappa shape index (κ3) is 4.98. The number of nitrogens with zero attached hydrogens (tertiary/aromatic N) is 2. The van der Waals surface area contributed by atoms with Crippen LogP contribution in [0.4, 0.5) is 0 Å². The van der Waals surface area contributed by atoms with E-state index in [1.165, 1.54) is 32.1 Å². The second kappa shape index (κ2) is 7.46. The molecule has 0 amide bonds. The van der Waals surface area contributed by atoms with Crippen molar-refractivity contribution >= 4 is 0 Å². The first-order chi connectivity index (χ1) is 7.36. The molecule has 0 saturated carbocycles. The summed E-state index contributed by atoms with van der Waals surface area (Å²) < 4.78 is 1.93. The van der Waals surface area contributed by atoms with Gasteiger partial charge in [0.1, 0.15) is 0 Å². The number of unbranched alkanes of at least 4 members (excludes halogenated alkanes) is 2. The second-order valence-electron chi connectivity index (χ2n) is 4.01. The van der Waals surface area contributed by atoms with Crippen molar-refractivity contribution in [2.24, 2.45) is 0 Å². The first kappa shape index (κ1) is 12.2. The molecule has 0 fully saturated rings. The maximum absolute atomic E-state index is 4.17. The number of aromatic nitrogens is 2. The maximum Gasteiger partial charge on any atom is 0.0905 e. The van der Waals surface area contributed by atoms with Gasteiger partial charge in [0.25, 0.3) is 0 Å². The molecule has 1 rings (SSSR count). The van der Waals surface area contributed by atoms with Gasteiger partial charge in [-0.05, 0) is 18.9 Å². The lowest BCUT2D eigenvalue weighted by Gasteiger charge is -2.16. The van der Waals surface area contributed by atoms with Gasteiger partial charge < -0.3 is 0 Å². The van der Waals surface area contributed by atoms with Crippen LogP contribution in [-0.2, 0) is 6.67 Å². The van der Waals surface area contributed by atoms with Crippen LogP contribution >= 0.6 is 0 Å². The van der Waals surface area contributed by atoms with E-state index in [0.29, 0.717) is 6.04 Å². The van der Waals surface area contributed by atoms with Gasteiger partial charge in [0.05, 0.1) is 6.67 Å². The third-order valence-corrected chi connectivity index (χ3v) is 2.75. The SMILES string of the molecule is CCCCCC(CC)NCn1cccn1.[HH]. The summed E-state index contributed by atoms with van der Waals surface area (Å²) >= 11 is 0. The molecule has 1 unspecified atom stereocenters. The van der Waals surface area contributed by atoms with Crippen LogP contribution in [0.25, 0.3) is 0 Å². The van der Waals surface area contributed by atoms with E-state index in [0.717, 1.165) is 6.67 Å². The van der Waals surface area contributed by atoms with Gasteiger partial charge >= 0.3 is 0 Å². The lowest BCUT2D eigenvalue weighted by Crippen LogP contribution is -2.30. The molecule has 0 bridgehead atoms. The first-order valence-corrected chi connectivity index (χ1v) is 6.07. The summed E-state index contributed by atoms with van der Waals surface area (Å²) in [5, 5.41) is 7.70. The van der Waals surface area contributed by atoms with Crippen LogP contribution in [0, 0.1) is 0 Å². The van der Waals surface area contributed by atoms with Crippen LogP contribution in [0.3, 0.4) is 0 Å². The Morgan fingerprint density at radius 2 is 2.27 bits per heavy atom. The molecule has 3 nitrogen and oxygen atoms in total. The zero-order valence-electron chi connectivity index (χ0n) is 9.95. The largest absolute Gasteiger partial charge is 0.295 e. The lowest BCUT2D eigenvalue weighted by atomic mass is 10.1. The van der Waals surface area contributed by atoms with Crippen LogP contribution in [0.1, 0.15) is 47.4 Å². The van der Waals surface area contributed by atoms with Crippen molar-refractivity contribution in [3.63, 3.8) is 0 Å². The van der Waals surface area contributed by atoms with Gasteiger partial charge in [-0.2, -0.15) is 5.10 Å². The average molecular weight is 211 g/mol. The monoisotopic (exact) mass is 211 g/mol. The summed E-state index contributed by atoms with van der Waals surface area (Å²) in [5.74, 6) is 0. The molecule has 0 aliphatic rings. The molecular weight excluding hydrogens is 186 g/mol. The molecule has 0 aliphatic carbocycles. The second-order valence-corrected chi connectivity index (χ2v) is 4.01. The van der Waals surface area contributed by atoms with Gasteiger partial charge in [-0.3, -0.25) is 10.00 Å². The molecule has 0 radical (unpaired) electrons. The fourth-order valence-electron chi connectivity index (χ4n) is 1.71. The Balaban J connectivity index is 0.00000225. The van der Waals surface area contributed by atoms with E-state index in [2.05, 4.69) is 24.3 Å². The van der Waals surface area contributed by atoms with Crippen LogP contribution in [0.15, 0.2) is 18.5 Å². The molecular formula is C12H25N3. The summed E-state index contributed by atoms with van der Waals surface area (Å²) in [6, 6.07) is 2.60. The van der Waals surface area contributed by atoms with E-state index in [9.17, 15) is 0 Å². The predicted octanol–water partition coefficient (Wildman–Crippen LogP) is 3.04. The summed E-state index contributed by atoms with van der Waals surface area (Å²) in [7, 11) is 0. The minimum atomic E-state index is 0. The Bertz CT molecular complexity index is 236. The van der Waals surface area contributed by atoms with Gasteiger partial charge in [-0.25, -0.2) is 0 Å². The summed E-state index contributed by atoms with van der Waals surface area (Å²) in [6.07, 6.45) is 10.3. The highest BCUT2D eigenvalue weighted by Gasteiger charge is 2.04. The zero-order chi connectivity index (χ0) is 10.9. The standard InChI is InChI=1S/C12H23N3.H2/c1-3-5-6-8-12(4-2)13-11-15-10-7-9-14-15;/h7,9-10,12-13H,3-6,8,11H2,1-2H3;1H. The number of hydrogen-bond acceptors (Lipinski definition) is 2. The first-order valence-electron chi connectivity index (χ1n) is 6.07. The number of hydrogen-bond donors (Lipinski definition) is 1. The Labute approximate surface area is 94.4 Å². The van der Waals surface area contributed by atoms with Gasteiger partial charge in [-0.1, -0.05) is 33.1 Å². The van der Waals surface area contributed by atoms with Crippen molar-refractivity contribution in [3.05, 3.63) is 18.5 Å². The molecule has 3 heteroatoms. The van der Waals surface area contributed by atoms with Crippen LogP contribution in [0.2, 0.25) is 0 Å². The number of nitrogens with one attached hydrogen (secondary N) is 1. The molecule has 1 N–H and O–H groups in total. The van der Waals surface area contributed by atoms with Crippen LogP contribution in [-0.4, -0.2) is 15.8 Å². The van der Waals surface area contributed by atoms with Gasteiger partial charge in [-0.15, -0.1) is 0 Å². The van der Waals surface area contributed by atoms with Crippen molar-refractivity contribution in [1.29, 1.82) is 0 Å². The van der Waals surface area contributed by atoms with E-state index < -0.39 is 0 Å². The molecule has 1 heterocycles. The van der Waals surface area contributed by atoms with Gasteiger partial charge in [0, 0.05) is 19.9 Å². The highest BCUT2D eigenvalue weighted by Crippen LogP contribution is 2.06. The van der Waals surface area contributed by atoms with E-state index in [4.69, 9.17) is 0 Å². The third-order valence-electron chi connectivity index (χ3n) is 2.75. The molecule has 1 aromatic heterocycles. The molecule has 0 aromatic carbocycles. The summed E-state index contributed by atoms with van der Waals surface area (Å²) in [4.78, 5) is 0. The van der Waals surface area contributed by atoms with Gasteiger partial charge in [0.2, 0.25) is 0 Å². The Morgan fingerprint density at radius 1 is 1.40 bits per heavy atom. The smallest absolute Gasteiger partial charge is 0.0905 e. The minimum Gasteiger partial charge on any atom is -0.295 e. The Hall–Kier alpha value is -0.830. The fraction of sp³-hybridized carbons (Fsp3) is 0.750. The van der Waals surface area contributed by atoms with Crippen molar-refractivity contribution < 1.29 is 1.43 Å². The predicted molar refractivity (Wildman–Crippen MR) is 65.7 cm³/mol. The molecule has 88 valence electrons. The van der Waals surface area contributed by atoms with Crippen molar-refractivity contribution in [2.75, 3.05) is 0 Å². The topological polar surface area (TPSA) is 29.9 Å². The van der Waals surface area contributed by atoms with E-state index in [1.54, 1.807) is 0 Å². The zero-order valence-corrected chi connectivity index (χ0v) is 9.95. The Morgan fingerprint density at radius 3 is 2.87 bits per heavy atom. The highest BCUT2D eigenvalue weighted by molar-refractivity contribution is 4.77. The van der Waals surface area contributed by atoms with E-state index in [-0.39, 0.29) is 1.43 Å². The summed E-state index contributed by atoms with van der Waals surface area (Å²) in [6.45, 7) is 5.32. The normalized spacial score (nSPS) is 12.9. The highest BCUT2D eigenvalue weighted by atomic mass is 15.3. The Kier molecular flexibility index (Phi) is 6.09. The molecule has 15 heavy (non-hydrogen) atoms. The molecule has 1 atom stereocenters. The van der Waals surface area contributed by atoms with Crippen LogP contribution in [0.5, 0.6) is 0 Å².